The van der Waals surface area contributed by atoms with Gasteiger partial charge in [-0.15, -0.1) is 0 Å². The molecule has 0 bridgehead atoms. The van der Waals surface area contributed by atoms with Gasteiger partial charge in [-0.25, -0.2) is 0 Å². The number of hydrogen-bond acceptors (Lipinski definition) is 2. The van der Waals surface area contributed by atoms with Crippen molar-refractivity contribution in [1.29, 1.82) is 0 Å². The van der Waals surface area contributed by atoms with Crippen LogP contribution in [0.5, 0.6) is 0 Å². The lowest BCUT2D eigenvalue weighted by Crippen LogP contribution is -2.31. The van der Waals surface area contributed by atoms with E-state index in [0.717, 1.165) is 5.57 Å². The standard InChI is InChI=1S/C8H7NO2/c10-7-4-8(11)9-6-3-1-2-5(6)7/h1,3H,2,4H2,(H,9,11). The largest absolute Gasteiger partial charge is 0.325 e. The summed E-state index contributed by atoms with van der Waals surface area (Å²) in [6, 6.07) is 0. The van der Waals surface area contributed by atoms with Crippen LogP contribution in [0.3, 0.4) is 0 Å². The molecule has 0 radical (unpaired) electrons. The third-order valence-electron chi connectivity index (χ3n) is 1.86. The van der Waals surface area contributed by atoms with Crippen LogP contribution in [0.1, 0.15) is 12.8 Å². The van der Waals surface area contributed by atoms with Crippen LogP contribution in [-0.2, 0) is 9.59 Å². The molecular weight excluding hydrogens is 142 g/mol. The number of Topliss-reactive ketones (excluding diaryl/α,β-unsaturated/α-hetero) is 1. The summed E-state index contributed by atoms with van der Waals surface area (Å²) >= 11 is 0. The van der Waals surface area contributed by atoms with E-state index < -0.39 is 0 Å². The van der Waals surface area contributed by atoms with Crippen LogP contribution in [0, 0.1) is 0 Å². The molecule has 0 atom stereocenters. The van der Waals surface area contributed by atoms with Gasteiger partial charge in [-0.1, -0.05) is 6.08 Å². The second-order valence-electron chi connectivity index (χ2n) is 2.65. The Labute approximate surface area is 63.8 Å². The van der Waals surface area contributed by atoms with Crippen molar-refractivity contribution in [2.75, 3.05) is 0 Å². The van der Waals surface area contributed by atoms with Gasteiger partial charge in [0.2, 0.25) is 5.91 Å². The minimum atomic E-state index is -0.194. The van der Waals surface area contributed by atoms with Crippen molar-refractivity contribution in [2.24, 2.45) is 0 Å². The molecule has 56 valence electrons. The molecule has 0 aromatic carbocycles. The predicted molar refractivity (Wildman–Crippen MR) is 38.5 cm³/mol. The van der Waals surface area contributed by atoms with Crippen molar-refractivity contribution in [2.45, 2.75) is 12.8 Å². The first-order chi connectivity index (χ1) is 5.27. The van der Waals surface area contributed by atoms with Crippen molar-refractivity contribution < 1.29 is 9.59 Å². The number of allylic oxidation sites excluding steroid dienone is 3. The van der Waals surface area contributed by atoms with Crippen molar-refractivity contribution in [1.82, 2.24) is 5.32 Å². The third kappa shape index (κ3) is 0.888. The number of carbonyl (C=O) groups excluding carboxylic acids is 2. The average Bonchev–Trinajstić information content (AvgIpc) is 2.34. The van der Waals surface area contributed by atoms with E-state index in [0.29, 0.717) is 12.1 Å². The SMILES string of the molecule is O=C1CC(=O)C2=C(C=CC2)N1. The summed E-state index contributed by atoms with van der Waals surface area (Å²) in [6.07, 6.45) is 4.35. The highest BCUT2D eigenvalue weighted by molar-refractivity contribution is 6.11. The van der Waals surface area contributed by atoms with Crippen molar-refractivity contribution in [3.8, 4) is 0 Å². The second-order valence-corrected chi connectivity index (χ2v) is 2.65. The molecule has 2 aliphatic rings. The van der Waals surface area contributed by atoms with E-state index >= 15 is 0 Å². The van der Waals surface area contributed by atoms with Gasteiger partial charge in [0.05, 0.1) is 6.42 Å². The lowest BCUT2D eigenvalue weighted by molar-refractivity contribution is -0.127. The van der Waals surface area contributed by atoms with Crippen LogP contribution in [0.25, 0.3) is 0 Å². The number of carbonyl (C=O) groups is 2. The van der Waals surface area contributed by atoms with E-state index in [2.05, 4.69) is 5.32 Å². The van der Waals surface area contributed by atoms with Gasteiger partial charge in [-0.2, -0.15) is 0 Å². The zero-order valence-electron chi connectivity index (χ0n) is 5.89. The van der Waals surface area contributed by atoms with E-state index in [1.54, 1.807) is 6.08 Å². The zero-order valence-corrected chi connectivity index (χ0v) is 5.89. The van der Waals surface area contributed by atoms with Gasteiger partial charge in [-0.3, -0.25) is 9.59 Å². The Kier molecular flexibility index (Phi) is 1.18. The van der Waals surface area contributed by atoms with Gasteiger partial charge < -0.3 is 5.32 Å². The second kappa shape index (κ2) is 2.05. The molecule has 3 nitrogen and oxygen atoms in total. The maximum Gasteiger partial charge on any atom is 0.232 e. The monoisotopic (exact) mass is 149 g/mol. The fourth-order valence-electron chi connectivity index (χ4n) is 1.33. The number of amides is 1. The molecule has 2 rings (SSSR count). The predicted octanol–water partition coefficient (Wildman–Crippen LogP) is 0.289. The number of nitrogens with one attached hydrogen (secondary N) is 1. The molecule has 0 fully saturated rings. The van der Waals surface area contributed by atoms with Gasteiger partial charge in [-0.05, 0) is 12.5 Å². The molecule has 1 N–H and O–H groups in total. The van der Waals surface area contributed by atoms with Crippen LogP contribution in [0.4, 0.5) is 0 Å². The molecule has 0 spiro atoms. The molecule has 0 saturated heterocycles. The van der Waals surface area contributed by atoms with Crippen LogP contribution in [0.15, 0.2) is 23.4 Å². The quantitative estimate of drug-likeness (QED) is 0.503. The van der Waals surface area contributed by atoms with E-state index in [1.165, 1.54) is 0 Å². The lowest BCUT2D eigenvalue weighted by Gasteiger charge is -2.12. The molecule has 11 heavy (non-hydrogen) atoms. The summed E-state index contributed by atoms with van der Waals surface area (Å²) < 4.78 is 0. The first-order valence-electron chi connectivity index (χ1n) is 3.50. The van der Waals surface area contributed by atoms with Crippen LogP contribution < -0.4 is 5.32 Å². The maximum absolute atomic E-state index is 11.1. The van der Waals surface area contributed by atoms with Gasteiger partial charge in [0.25, 0.3) is 0 Å². The summed E-state index contributed by atoms with van der Waals surface area (Å²) in [6.45, 7) is 0. The van der Waals surface area contributed by atoms with Crippen LogP contribution >= 0.6 is 0 Å². The fraction of sp³-hybridized carbons (Fsp3) is 0.250. The van der Waals surface area contributed by atoms with E-state index in [1.807, 2.05) is 6.08 Å². The lowest BCUT2D eigenvalue weighted by atomic mass is 10.0. The molecule has 0 aromatic heterocycles. The molecule has 1 amide bonds. The number of rotatable bonds is 0. The molecular formula is C8H7NO2. The summed E-state index contributed by atoms with van der Waals surface area (Å²) in [5.41, 5.74) is 1.45. The van der Waals surface area contributed by atoms with E-state index in [9.17, 15) is 9.59 Å². The Bertz CT molecular complexity index is 299. The average molecular weight is 149 g/mol. The Morgan fingerprint density at radius 3 is 3.00 bits per heavy atom. The van der Waals surface area contributed by atoms with E-state index in [4.69, 9.17) is 0 Å². The minimum Gasteiger partial charge on any atom is -0.325 e. The van der Waals surface area contributed by atoms with Crippen molar-refractivity contribution in [3.63, 3.8) is 0 Å². The minimum absolute atomic E-state index is 0.0144. The number of hydrogen-bond donors (Lipinski definition) is 1. The maximum atomic E-state index is 11.1. The Hall–Kier alpha value is -1.38. The highest BCUT2D eigenvalue weighted by Crippen LogP contribution is 2.22. The molecule has 1 aliphatic heterocycles. The molecule has 0 unspecified atom stereocenters. The summed E-state index contributed by atoms with van der Waals surface area (Å²) in [7, 11) is 0. The van der Waals surface area contributed by atoms with Crippen molar-refractivity contribution >= 4 is 11.7 Å². The molecule has 0 saturated carbocycles. The summed E-state index contributed by atoms with van der Waals surface area (Å²) in [5, 5.41) is 2.64. The molecule has 1 aliphatic carbocycles. The smallest absolute Gasteiger partial charge is 0.232 e. The topological polar surface area (TPSA) is 46.2 Å². The Morgan fingerprint density at radius 1 is 1.36 bits per heavy atom. The molecule has 1 heterocycles. The first-order valence-corrected chi connectivity index (χ1v) is 3.50. The highest BCUT2D eigenvalue weighted by Gasteiger charge is 2.25. The van der Waals surface area contributed by atoms with Crippen molar-refractivity contribution in [3.05, 3.63) is 23.4 Å². The van der Waals surface area contributed by atoms with Gasteiger partial charge >= 0.3 is 0 Å². The highest BCUT2D eigenvalue weighted by atomic mass is 16.2. The first kappa shape index (κ1) is 6.34. The summed E-state index contributed by atoms with van der Waals surface area (Å²) in [4.78, 5) is 21.9. The van der Waals surface area contributed by atoms with Crippen LogP contribution in [-0.4, -0.2) is 11.7 Å². The third-order valence-corrected chi connectivity index (χ3v) is 1.86. The molecule has 0 aromatic rings. The number of ketones is 1. The van der Waals surface area contributed by atoms with Crippen LogP contribution in [0.2, 0.25) is 0 Å². The fourth-order valence-corrected chi connectivity index (χ4v) is 1.33. The Morgan fingerprint density at radius 2 is 2.18 bits per heavy atom. The normalized spacial score (nSPS) is 22.2. The van der Waals surface area contributed by atoms with E-state index in [-0.39, 0.29) is 18.1 Å². The van der Waals surface area contributed by atoms with Gasteiger partial charge in [0, 0.05) is 11.3 Å². The zero-order chi connectivity index (χ0) is 7.84. The summed E-state index contributed by atoms with van der Waals surface area (Å²) in [5.74, 6) is -0.228. The Balaban J connectivity index is 2.40. The molecule has 3 heteroatoms. The van der Waals surface area contributed by atoms with Gasteiger partial charge in [0.1, 0.15) is 0 Å². The van der Waals surface area contributed by atoms with Gasteiger partial charge in [0.15, 0.2) is 5.78 Å².